The van der Waals surface area contributed by atoms with Crippen molar-refractivity contribution in [3.8, 4) is 0 Å². The standard InChI is InChI=1S/C18H19BrN2O/c1-13(18(22)20-17-8-4-7-16(19)11-17)21-10-9-14-5-2-3-6-15(14)12-21/h2-8,11,13H,9-10,12H2,1H3,(H,20,22)/p+1/t13-/m0/s1. The summed E-state index contributed by atoms with van der Waals surface area (Å²) in [5.41, 5.74) is 3.62. The lowest BCUT2D eigenvalue weighted by Gasteiger charge is -2.30. The van der Waals surface area contributed by atoms with Crippen LogP contribution in [0, 0.1) is 0 Å². The van der Waals surface area contributed by atoms with Crippen LogP contribution in [-0.2, 0) is 17.8 Å². The molecule has 1 aliphatic rings. The van der Waals surface area contributed by atoms with E-state index in [4.69, 9.17) is 0 Å². The zero-order chi connectivity index (χ0) is 15.5. The van der Waals surface area contributed by atoms with Crippen molar-refractivity contribution >= 4 is 27.5 Å². The van der Waals surface area contributed by atoms with Crippen molar-refractivity contribution in [2.45, 2.75) is 25.9 Å². The van der Waals surface area contributed by atoms with E-state index >= 15 is 0 Å². The molecule has 2 aromatic carbocycles. The molecule has 2 atom stereocenters. The van der Waals surface area contributed by atoms with Gasteiger partial charge in [0.05, 0.1) is 6.54 Å². The van der Waals surface area contributed by atoms with Crippen LogP contribution in [0.3, 0.4) is 0 Å². The fraction of sp³-hybridized carbons (Fsp3) is 0.278. The van der Waals surface area contributed by atoms with Crippen LogP contribution in [-0.4, -0.2) is 18.5 Å². The van der Waals surface area contributed by atoms with Gasteiger partial charge in [-0.3, -0.25) is 4.79 Å². The summed E-state index contributed by atoms with van der Waals surface area (Å²) >= 11 is 3.43. The third-order valence-corrected chi connectivity index (χ3v) is 4.84. The molecule has 2 aromatic rings. The van der Waals surface area contributed by atoms with Gasteiger partial charge in [-0.1, -0.05) is 46.3 Å². The highest BCUT2D eigenvalue weighted by Gasteiger charge is 2.28. The fourth-order valence-corrected chi connectivity index (χ4v) is 3.37. The van der Waals surface area contributed by atoms with Crippen LogP contribution in [0.25, 0.3) is 0 Å². The van der Waals surface area contributed by atoms with Crippen molar-refractivity contribution in [1.29, 1.82) is 0 Å². The average molecular weight is 360 g/mol. The molecule has 1 amide bonds. The summed E-state index contributed by atoms with van der Waals surface area (Å²) in [4.78, 5) is 13.8. The van der Waals surface area contributed by atoms with E-state index in [1.54, 1.807) is 0 Å². The second-order valence-corrected chi connectivity index (χ2v) is 6.74. The Labute approximate surface area is 139 Å². The summed E-state index contributed by atoms with van der Waals surface area (Å²) in [6, 6.07) is 16.2. The summed E-state index contributed by atoms with van der Waals surface area (Å²) in [6.45, 7) is 3.93. The van der Waals surface area contributed by atoms with Crippen LogP contribution in [0.4, 0.5) is 5.69 Å². The maximum absolute atomic E-state index is 12.5. The van der Waals surface area contributed by atoms with Gasteiger partial charge in [-0.15, -0.1) is 0 Å². The number of quaternary nitrogens is 1. The number of nitrogens with one attached hydrogen (secondary N) is 2. The smallest absolute Gasteiger partial charge is 0.282 e. The van der Waals surface area contributed by atoms with Crippen molar-refractivity contribution in [2.75, 3.05) is 11.9 Å². The summed E-state index contributed by atoms with van der Waals surface area (Å²) in [7, 11) is 0. The summed E-state index contributed by atoms with van der Waals surface area (Å²) in [5, 5.41) is 3.01. The number of carbonyl (C=O) groups is 1. The molecule has 0 saturated carbocycles. The molecule has 0 spiro atoms. The third kappa shape index (κ3) is 3.39. The second kappa shape index (κ2) is 6.63. The van der Waals surface area contributed by atoms with Crippen molar-refractivity contribution in [2.24, 2.45) is 0 Å². The van der Waals surface area contributed by atoms with Gasteiger partial charge in [0.2, 0.25) is 0 Å². The molecule has 0 aromatic heterocycles. The van der Waals surface area contributed by atoms with Crippen molar-refractivity contribution in [1.82, 2.24) is 0 Å². The van der Waals surface area contributed by atoms with Crippen LogP contribution in [0.1, 0.15) is 18.1 Å². The van der Waals surface area contributed by atoms with E-state index in [1.807, 2.05) is 31.2 Å². The fourth-order valence-electron chi connectivity index (χ4n) is 2.97. The summed E-state index contributed by atoms with van der Waals surface area (Å²) < 4.78 is 0.970. The Morgan fingerprint density at radius 3 is 2.73 bits per heavy atom. The summed E-state index contributed by atoms with van der Waals surface area (Å²) in [5.74, 6) is 0.0764. The van der Waals surface area contributed by atoms with Gasteiger partial charge >= 0.3 is 0 Å². The molecular weight excluding hydrogens is 340 g/mol. The van der Waals surface area contributed by atoms with Gasteiger partial charge < -0.3 is 10.2 Å². The van der Waals surface area contributed by atoms with Gasteiger partial charge in [0.1, 0.15) is 6.54 Å². The minimum absolute atomic E-state index is 0.0627. The molecule has 114 valence electrons. The number of hydrogen-bond acceptors (Lipinski definition) is 1. The van der Waals surface area contributed by atoms with Gasteiger partial charge in [-0.05, 0) is 30.7 Å². The number of halogens is 1. The van der Waals surface area contributed by atoms with Gasteiger partial charge in [-0.2, -0.15) is 0 Å². The molecular formula is C18H20BrN2O+. The molecule has 1 heterocycles. The largest absolute Gasteiger partial charge is 0.321 e. The number of benzene rings is 2. The highest BCUT2D eigenvalue weighted by atomic mass is 79.9. The van der Waals surface area contributed by atoms with Crippen LogP contribution in [0.2, 0.25) is 0 Å². The Morgan fingerprint density at radius 2 is 1.95 bits per heavy atom. The minimum atomic E-state index is -0.0627. The van der Waals surface area contributed by atoms with Gasteiger partial charge in [0.15, 0.2) is 6.04 Å². The quantitative estimate of drug-likeness (QED) is 0.866. The Bertz CT molecular complexity index is 686. The van der Waals surface area contributed by atoms with E-state index in [1.165, 1.54) is 16.0 Å². The first-order chi connectivity index (χ1) is 10.6. The zero-order valence-corrected chi connectivity index (χ0v) is 14.2. The SMILES string of the molecule is C[C@@H](C(=O)Nc1cccc(Br)c1)[NH+]1CCc2ccccc2C1. The van der Waals surface area contributed by atoms with Gasteiger partial charge in [0.25, 0.3) is 5.91 Å². The summed E-state index contributed by atoms with van der Waals surface area (Å²) in [6.07, 6.45) is 1.04. The predicted molar refractivity (Wildman–Crippen MR) is 91.9 cm³/mol. The Kier molecular flexibility index (Phi) is 4.60. The molecule has 2 N–H and O–H groups in total. The van der Waals surface area contributed by atoms with Crippen LogP contribution in [0.15, 0.2) is 53.0 Å². The molecule has 0 bridgehead atoms. The molecule has 0 radical (unpaired) electrons. The number of hydrogen-bond donors (Lipinski definition) is 2. The maximum Gasteiger partial charge on any atom is 0.282 e. The first kappa shape index (κ1) is 15.3. The Hall–Kier alpha value is -1.65. The first-order valence-electron chi connectivity index (χ1n) is 7.61. The molecule has 22 heavy (non-hydrogen) atoms. The molecule has 1 aliphatic heterocycles. The molecule has 4 heteroatoms. The van der Waals surface area contributed by atoms with E-state index in [2.05, 4.69) is 45.5 Å². The normalized spacial score (nSPS) is 18.4. The highest BCUT2D eigenvalue weighted by molar-refractivity contribution is 9.10. The zero-order valence-electron chi connectivity index (χ0n) is 12.6. The van der Waals surface area contributed by atoms with Crippen molar-refractivity contribution in [3.05, 3.63) is 64.1 Å². The lowest BCUT2D eigenvalue weighted by Crippen LogP contribution is -3.16. The van der Waals surface area contributed by atoms with Crippen LogP contribution >= 0.6 is 15.9 Å². The van der Waals surface area contributed by atoms with E-state index < -0.39 is 0 Å². The monoisotopic (exact) mass is 359 g/mol. The maximum atomic E-state index is 12.5. The van der Waals surface area contributed by atoms with E-state index in [0.717, 1.165) is 29.7 Å². The van der Waals surface area contributed by atoms with E-state index in [-0.39, 0.29) is 11.9 Å². The molecule has 0 fully saturated rings. The Balaban J connectivity index is 1.67. The molecule has 0 aliphatic carbocycles. The van der Waals surface area contributed by atoms with Crippen LogP contribution in [0.5, 0.6) is 0 Å². The number of fused-ring (bicyclic) bond motifs is 1. The lowest BCUT2D eigenvalue weighted by molar-refractivity contribution is -0.929. The number of carbonyl (C=O) groups excluding carboxylic acids is 1. The average Bonchev–Trinajstić information content (AvgIpc) is 2.53. The minimum Gasteiger partial charge on any atom is -0.321 e. The molecule has 3 rings (SSSR count). The van der Waals surface area contributed by atoms with Gasteiger partial charge in [-0.25, -0.2) is 0 Å². The van der Waals surface area contributed by atoms with Gasteiger partial charge in [0, 0.05) is 22.1 Å². The van der Waals surface area contributed by atoms with Crippen molar-refractivity contribution < 1.29 is 9.69 Å². The number of amides is 1. The molecule has 1 unspecified atom stereocenters. The first-order valence-corrected chi connectivity index (χ1v) is 8.40. The van der Waals surface area contributed by atoms with E-state index in [9.17, 15) is 4.79 Å². The third-order valence-electron chi connectivity index (χ3n) is 4.35. The lowest BCUT2D eigenvalue weighted by atomic mass is 9.99. The molecule has 0 saturated heterocycles. The van der Waals surface area contributed by atoms with Crippen LogP contribution < -0.4 is 10.2 Å². The topological polar surface area (TPSA) is 33.5 Å². The molecule has 3 nitrogen and oxygen atoms in total. The second-order valence-electron chi connectivity index (χ2n) is 5.83. The van der Waals surface area contributed by atoms with E-state index in [0.29, 0.717) is 0 Å². The number of rotatable bonds is 3. The predicted octanol–water partition coefficient (Wildman–Crippen LogP) is 2.42. The van der Waals surface area contributed by atoms with Crippen molar-refractivity contribution in [3.63, 3.8) is 0 Å². The highest BCUT2D eigenvalue weighted by Crippen LogP contribution is 2.16. The Morgan fingerprint density at radius 1 is 1.18 bits per heavy atom. The number of anilines is 1.